The average molecular weight is 664 g/mol. The topological polar surface area (TPSA) is 155 Å². The van der Waals surface area contributed by atoms with Crippen LogP contribution in [0.25, 0.3) is 11.0 Å². The number of aromatic nitrogens is 4. The van der Waals surface area contributed by atoms with E-state index in [2.05, 4.69) is 25.9 Å². The maximum absolute atomic E-state index is 13.4. The predicted octanol–water partition coefficient (Wildman–Crippen LogP) is 5.32. The van der Waals surface area contributed by atoms with E-state index in [0.29, 0.717) is 19.5 Å². The highest BCUT2D eigenvalue weighted by Gasteiger charge is 2.36. The van der Waals surface area contributed by atoms with E-state index in [4.69, 9.17) is 4.74 Å². The zero-order valence-corrected chi connectivity index (χ0v) is 28.7. The molecule has 3 heterocycles. The number of carbonyl (C=O) groups excluding carboxylic acids is 2. The summed E-state index contributed by atoms with van der Waals surface area (Å²) in [5, 5.41) is 14.3. The van der Waals surface area contributed by atoms with Gasteiger partial charge in [-0.1, -0.05) is 36.4 Å². The van der Waals surface area contributed by atoms with Crippen molar-refractivity contribution in [1.29, 1.82) is 0 Å². The van der Waals surface area contributed by atoms with E-state index in [1.165, 1.54) is 0 Å². The number of fused-ring (bicyclic) bond motifs is 2. The Morgan fingerprint density at radius 3 is 2.62 bits per heavy atom. The van der Waals surface area contributed by atoms with Crippen molar-refractivity contribution in [3.63, 3.8) is 0 Å². The second kappa shape index (κ2) is 14.4. The molecule has 1 aliphatic rings. The van der Waals surface area contributed by atoms with Crippen LogP contribution in [-0.2, 0) is 22.7 Å². The van der Waals surface area contributed by atoms with Gasteiger partial charge >= 0.3 is 0 Å². The molecule has 0 bridgehead atoms. The van der Waals surface area contributed by atoms with Crippen LogP contribution in [0.5, 0.6) is 5.88 Å². The van der Waals surface area contributed by atoms with Crippen LogP contribution in [0.1, 0.15) is 74.3 Å². The van der Waals surface area contributed by atoms with E-state index in [0.717, 1.165) is 38.9 Å². The van der Waals surface area contributed by atoms with Gasteiger partial charge in [-0.15, -0.1) is 15.9 Å². The van der Waals surface area contributed by atoms with Gasteiger partial charge < -0.3 is 15.4 Å². The summed E-state index contributed by atoms with van der Waals surface area (Å²) in [7, 11) is -3.41. The van der Waals surface area contributed by atoms with Gasteiger partial charge in [-0.3, -0.25) is 18.7 Å². The maximum Gasteiger partial charge on any atom is 0.239 e. The second-order valence-corrected chi connectivity index (χ2v) is 14.3. The molecule has 0 aliphatic carbocycles. The summed E-state index contributed by atoms with van der Waals surface area (Å²) in [5.74, 6) is -0.647. The van der Waals surface area contributed by atoms with E-state index in [1.54, 1.807) is 22.6 Å². The third-order valence-electron chi connectivity index (χ3n) is 8.60. The van der Waals surface area contributed by atoms with Gasteiger partial charge in [0, 0.05) is 37.7 Å². The number of pyridine rings is 1. The second-order valence-electron chi connectivity index (χ2n) is 12.3. The quantitative estimate of drug-likeness (QED) is 0.167. The van der Waals surface area contributed by atoms with Crippen LogP contribution < -0.4 is 15.4 Å². The van der Waals surface area contributed by atoms with Crippen LogP contribution >= 0.6 is 10.8 Å². The van der Waals surface area contributed by atoms with Crippen molar-refractivity contribution in [1.82, 2.24) is 34.9 Å². The fourth-order valence-electron chi connectivity index (χ4n) is 5.98. The van der Waals surface area contributed by atoms with Crippen molar-refractivity contribution in [2.75, 3.05) is 13.1 Å². The van der Waals surface area contributed by atoms with Crippen LogP contribution in [0.4, 0.5) is 0 Å². The Kier molecular flexibility index (Phi) is 10.5. The van der Waals surface area contributed by atoms with E-state index in [1.807, 2.05) is 76.6 Å². The Morgan fingerprint density at radius 2 is 1.89 bits per heavy atom. The fraction of sp³-hybridized carbons (Fsp3) is 0.441. The number of rotatable bonds is 11. The minimum atomic E-state index is -3.41. The average Bonchev–Trinajstić information content (AvgIpc) is 3.43. The number of hydrogen-bond acceptors (Lipinski definition) is 9. The summed E-state index contributed by atoms with van der Waals surface area (Å²) >= 11 is 0. The van der Waals surface area contributed by atoms with Crippen molar-refractivity contribution in [3.8, 4) is 5.88 Å². The molecule has 2 aromatic carbocycles. The lowest BCUT2D eigenvalue weighted by molar-refractivity contribution is -0.126. The standard InChI is InChI=1S/C34H45N7O5S/c1-7-26-20-40(47(44,45)30-10-9-15-35-34(30)46-26)19-25-16-24(12-11-22(25)5)28(17-31(42)36-18-32(43)37-21(3)4)27-13-14-29-33(23(27)6)38-39-41(29)8-2/h9-16,21,26,28,44-45H,7-8,17-20H2,1-6H3,(H,36,42)(H,37,43)/t26-,28+/m1/s1. The third-order valence-corrected chi connectivity index (χ3v) is 10.5. The van der Waals surface area contributed by atoms with Crippen LogP contribution in [0, 0.1) is 13.8 Å². The SMILES string of the molecule is CC[C@@H]1CN(Cc2cc([C@H](CC(=O)NCC(=O)NC(C)C)c3ccc4c(nnn4CC)c3C)ccc2C)S(O)(O)c2cccnc2O1. The molecule has 1 aliphatic heterocycles. The van der Waals surface area contributed by atoms with Gasteiger partial charge in [-0.2, -0.15) is 4.31 Å². The number of benzene rings is 2. The van der Waals surface area contributed by atoms with Crippen molar-refractivity contribution in [3.05, 3.63) is 76.5 Å². The molecule has 4 N–H and O–H groups in total. The minimum absolute atomic E-state index is 0.0319. The number of carbonyl (C=O) groups is 2. The molecule has 12 nitrogen and oxygen atoms in total. The molecule has 0 saturated heterocycles. The fourth-order valence-corrected chi connectivity index (χ4v) is 7.55. The molecule has 0 radical (unpaired) electrons. The lowest BCUT2D eigenvalue weighted by atomic mass is 9.84. The van der Waals surface area contributed by atoms with Gasteiger partial charge in [0.05, 0.1) is 18.6 Å². The maximum atomic E-state index is 13.4. The Hall–Kier alpha value is -4.04. The smallest absolute Gasteiger partial charge is 0.239 e. The van der Waals surface area contributed by atoms with Crippen LogP contribution in [0.3, 0.4) is 0 Å². The Morgan fingerprint density at radius 1 is 1.11 bits per heavy atom. The Labute approximate surface area is 277 Å². The molecule has 252 valence electrons. The number of ether oxygens (including phenoxy) is 1. The highest BCUT2D eigenvalue weighted by Crippen LogP contribution is 2.57. The molecule has 0 saturated carbocycles. The number of nitrogens with zero attached hydrogens (tertiary/aromatic N) is 5. The van der Waals surface area contributed by atoms with Gasteiger partial charge in [-0.05, 0) is 87.1 Å². The molecule has 13 heteroatoms. The van der Waals surface area contributed by atoms with Gasteiger partial charge in [0.2, 0.25) is 17.7 Å². The van der Waals surface area contributed by atoms with E-state index in [9.17, 15) is 18.7 Å². The highest BCUT2D eigenvalue weighted by molar-refractivity contribution is 8.22. The molecule has 4 aromatic rings. The summed E-state index contributed by atoms with van der Waals surface area (Å²) in [4.78, 5) is 30.2. The molecule has 0 unspecified atom stereocenters. The predicted molar refractivity (Wildman–Crippen MR) is 182 cm³/mol. The molecule has 2 atom stereocenters. The summed E-state index contributed by atoms with van der Waals surface area (Å²) in [5.41, 5.74) is 6.29. The van der Waals surface area contributed by atoms with Gasteiger partial charge in [0.1, 0.15) is 16.5 Å². The molecule has 2 aromatic heterocycles. The minimum Gasteiger partial charge on any atom is -0.472 e. The molecule has 5 rings (SSSR count). The lowest BCUT2D eigenvalue weighted by Gasteiger charge is -2.41. The van der Waals surface area contributed by atoms with Crippen LogP contribution in [0.2, 0.25) is 0 Å². The van der Waals surface area contributed by atoms with E-state index < -0.39 is 10.8 Å². The largest absolute Gasteiger partial charge is 0.472 e. The lowest BCUT2D eigenvalue weighted by Crippen LogP contribution is -2.40. The van der Waals surface area contributed by atoms with Gasteiger partial charge in [0.15, 0.2) is 0 Å². The molecule has 0 spiro atoms. The Bertz CT molecular complexity index is 1760. The first-order valence-electron chi connectivity index (χ1n) is 16.1. The van der Waals surface area contributed by atoms with Crippen molar-refractivity contribution < 1.29 is 23.4 Å². The molecule has 47 heavy (non-hydrogen) atoms. The molecule has 2 amide bonds. The van der Waals surface area contributed by atoms with Gasteiger partial charge in [0.25, 0.3) is 0 Å². The number of amides is 2. The summed E-state index contributed by atoms with van der Waals surface area (Å²) in [6.07, 6.45) is 2.06. The van der Waals surface area contributed by atoms with E-state index in [-0.39, 0.29) is 60.2 Å². The zero-order chi connectivity index (χ0) is 33.9. The third kappa shape index (κ3) is 7.43. The molecule has 0 fully saturated rings. The molecular formula is C34H45N7O5S. The highest BCUT2D eigenvalue weighted by atomic mass is 32.3. The number of aryl methyl sites for hydroxylation is 3. The molecular weight excluding hydrogens is 618 g/mol. The Balaban J connectivity index is 1.51. The zero-order valence-electron chi connectivity index (χ0n) is 27.9. The normalized spacial score (nSPS) is 17.4. The number of nitrogens with one attached hydrogen (secondary N) is 2. The van der Waals surface area contributed by atoms with Crippen molar-refractivity contribution in [2.45, 2.75) is 90.4 Å². The van der Waals surface area contributed by atoms with Gasteiger partial charge in [-0.25, -0.2) is 9.67 Å². The first-order chi connectivity index (χ1) is 22.4. The summed E-state index contributed by atoms with van der Waals surface area (Å²) in [6, 6.07) is 13.3. The van der Waals surface area contributed by atoms with Crippen molar-refractivity contribution in [2.24, 2.45) is 0 Å². The van der Waals surface area contributed by atoms with E-state index >= 15 is 0 Å². The first kappa shape index (κ1) is 34.3. The van der Waals surface area contributed by atoms with Crippen LogP contribution in [-0.4, -0.2) is 70.4 Å². The van der Waals surface area contributed by atoms with Crippen LogP contribution in [0.15, 0.2) is 53.6 Å². The monoisotopic (exact) mass is 663 g/mol. The summed E-state index contributed by atoms with van der Waals surface area (Å²) in [6.45, 7) is 12.8. The summed E-state index contributed by atoms with van der Waals surface area (Å²) < 4.78 is 32.7. The number of hydrogen-bond donors (Lipinski definition) is 4. The first-order valence-corrected chi connectivity index (χ1v) is 17.6. The van der Waals surface area contributed by atoms with Crippen molar-refractivity contribution >= 4 is 33.6 Å².